The molecule has 0 aliphatic heterocycles. The molecular formula is C14H15N3O3S. The average Bonchev–Trinajstić information content (AvgIpc) is 2.97. The molecule has 1 heterocycles. The molecule has 0 aliphatic rings. The van der Waals surface area contributed by atoms with Crippen molar-refractivity contribution in [3.05, 3.63) is 47.0 Å². The molecule has 0 radical (unpaired) electrons. The number of carbonyl (C=O) groups is 2. The number of nitrogens with zero attached hydrogens (tertiary/aromatic N) is 1. The lowest BCUT2D eigenvalue weighted by Crippen LogP contribution is -2.27. The van der Waals surface area contributed by atoms with Crippen molar-refractivity contribution >= 4 is 28.3 Å². The van der Waals surface area contributed by atoms with E-state index in [4.69, 9.17) is 4.74 Å². The fourth-order valence-corrected chi connectivity index (χ4v) is 2.24. The van der Waals surface area contributed by atoms with Crippen LogP contribution in [0.4, 0.5) is 5.13 Å². The molecule has 0 saturated heterocycles. The quantitative estimate of drug-likeness (QED) is 0.797. The molecule has 0 fully saturated rings. The summed E-state index contributed by atoms with van der Waals surface area (Å²) in [5.41, 5.74) is 0.818. The van der Waals surface area contributed by atoms with Gasteiger partial charge in [0.1, 0.15) is 5.69 Å². The van der Waals surface area contributed by atoms with Crippen LogP contribution in [-0.4, -0.2) is 37.1 Å². The SMILES string of the molecule is COCCNC(=O)c1csc(NC(=O)c2ccccc2)n1. The average molecular weight is 305 g/mol. The summed E-state index contributed by atoms with van der Waals surface area (Å²) in [6.07, 6.45) is 0. The molecule has 6 nitrogen and oxygen atoms in total. The predicted molar refractivity (Wildman–Crippen MR) is 80.7 cm³/mol. The third kappa shape index (κ3) is 4.37. The molecule has 2 amide bonds. The molecule has 0 spiro atoms. The van der Waals surface area contributed by atoms with Crippen molar-refractivity contribution in [2.45, 2.75) is 0 Å². The largest absolute Gasteiger partial charge is 0.383 e. The zero-order chi connectivity index (χ0) is 15.1. The van der Waals surface area contributed by atoms with Gasteiger partial charge in [0.2, 0.25) is 0 Å². The van der Waals surface area contributed by atoms with Gasteiger partial charge < -0.3 is 10.1 Å². The lowest BCUT2D eigenvalue weighted by Gasteiger charge is -2.02. The molecule has 2 rings (SSSR count). The molecule has 0 bridgehead atoms. The molecule has 0 atom stereocenters. The summed E-state index contributed by atoms with van der Waals surface area (Å²) >= 11 is 1.20. The Bertz CT molecular complexity index is 613. The Kier molecular flexibility index (Phi) is 5.42. The lowest BCUT2D eigenvalue weighted by molar-refractivity contribution is 0.0931. The van der Waals surface area contributed by atoms with Crippen LogP contribution in [0, 0.1) is 0 Å². The lowest BCUT2D eigenvalue weighted by atomic mass is 10.2. The van der Waals surface area contributed by atoms with E-state index < -0.39 is 0 Å². The van der Waals surface area contributed by atoms with Gasteiger partial charge in [-0.25, -0.2) is 4.98 Å². The van der Waals surface area contributed by atoms with E-state index in [0.29, 0.717) is 23.8 Å². The highest BCUT2D eigenvalue weighted by Crippen LogP contribution is 2.16. The molecule has 0 aliphatic carbocycles. The van der Waals surface area contributed by atoms with Crippen LogP contribution in [0.2, 0.25) is 0 Å². The van der Waals surface area contributed by atoms with Gasteiger partial charge in [-0.3, -0.25) is 14.9 Å². The summed E-state index contributed by atoms with van der Waals surface area (Å²) in [6.45, 7) is 0.853. The van der Waals surface area contributed by atoms with Gasteiger partial charge in [0.15, 0.2) is 5.13 Å². The van der Waals surface area contributed by atoms with Gasteiger partial charge in [-0.1, -0.05) is 18.2 Å². The van der Waals surface area contributed by atoms with Crippen molar-refractivity contribution in [2.24, 2.45) is 0 Å². The zero-order valence-electron chi connectivity index (χ0n) is 11.5. The molecule has 0 saturated carbocycles. The summed E-state index contributed by atoms with van der Waals surface area (Å²) in [6, 6.07) is 8.82. The van der Waals surface area contributed by atoms with Crippen molar-refractivity contribution in [3.8, 4) is 0 Å². The maximum Gasteiger partial charge on any atom is 0.270 e. The Morgan fingerprint density at radius 1 is 1.24 bits per heavy atom. The number of methoxy groups -OCH3 is 1. The number of rotatable bonds is 6. The highest BCUT2D eigenvalue weighted by molar-refractivity contribution is 7.14. The maximum absolute atomic E-state index is 11.9. The number of carbonyl (C=O) groups excluding carboxylic acids is 2. The number of aromatic nitrogens is 1. The predicted octanol–water partition coefficient (Wildman–Crippen LogP) is 1.77. The highest BCUT2D eigenvalue weighted by Gasteiger charge is 2.12. The number of benzene rings is 1. The second-order valence-electron chi connectivity index (χ2n) is 4.11. The second-order valence-corrected chi connectivity index (χ2v) is 4.96. The van der Waals surface area contributed by atoms with Crippen LogP contribution in [-0.2, 0) is 4.74 Å². The summed E-state index contributed by atoms with van der Waals surface area (Å²) in [5, 5.41) is 7.32. The summed E-state index contributed by atoms with van der Waals surface area (Å²) in [4.78, 5) is 27.8. The van der Waals surface area contributed by atoms with Crippen LogP contribution in [0.3, 0.4) is 0 Å². The van der Waals surface area contributed by atoms with Gasteiger partial charge in [-0.15, -0.1) is 11.3 Å². The maximum atomic E-state index is 11.9. The standard InChI is InChI=1S/C14H15N3O3S/c1-20-8-7-15-13(19)11-9-21-14(16-11)17-12(18)10-5-3-2-4-6-10/h2-6,9H,7-8H2,1H3,(H,15,19)(H,16,17,18). The van der Waals surface area contributed by atoms with Crippen LogP contribution in [0.5, 0.6) is 0 Å². The molecular weight excluding hydrogens is 290 g/mol. The summed E-state index contributed by atoms with van der Waals surface area (Å²) in [7, 11) is 1.56. The number of nitrogens with one attached hydrogen (secondary N) is 2. The van der Waals surface area contributed by atoms with Crippen molar-refractivity contribution in [1.82, 2.24) is 10.3 Å². The molecule has 2 N–H and O–H groups in total. The Hall–Kier alpha value is -2.25. The fraction of sp³-hybridized carbons (Fsp3) is 0.214. The Balaban J connectivity index is 1.94. The van der Waals surface area contributed by atoms with E-state index in [9.17, 15) is 9.59 Å². The van der Waals surface area contributed by atoms with Crippen molar-refractivity contribution < 1.29 is 14.3 Å². The first-order valence-corrected chi connectivity index (χ1v) is 7.17. The first kappa shape index (κ1) is 15.1. The number of hydrogen-bond donors (Lipinski definition) is 2. The van der Waals surface area contributed by atoms with Gasteiger partial charge >= 0.3 is 0 Å². The third-order valence-electron chi connectivity index (χ3n) is 2.59. The smallest absolute Gasteiger partial charge is 0.270 e. The van der Waals surface area contributed by atoms with Crippen LogP contribution in [0.1, 0.15) is 20.8 Å². The molecule has 110 valence electrons. The molecule has 0 unspecified atom stereocenters. The topological polar surface area (TPSA) is 80.3 Å². The molecule has 1 aromatic heterocycles. The number of thiazole rings is 1. The van der Waals surface area contributed by atoms with Crippen LogP contribution >= 0.6 is 11.3 Å². The Morgan fingerprint density at radius 2 is 2.00 bits per heavy atom. The first-order valence-electron chi connectivity index (χ1n) is 6.30. The molecule has 1 aromatic carbocycles. The van der Waals surface area contributed by atoms with E-state index >= 15 is 0 Å². The van der Waals surface area contributed by atoms with Gasteiger partial charge in [0.25, 0.3) is 11.8 Å². The van der Waals surface area contributed by atoms with Crippen LogP contribution in [0.25, 0.3) is 0 Å². The minimum Gasteiger partial charge on any atom is -0.383 e. The number of hydrogen-bond acceptors (Lipinski definition) is 5. The van der Waals surface area contributed by atoms with E-state index in [0.717, 1.165) is 0 Å². The first-order chi connectivity index (χ1) is 10.2. The molecule has 21 heavy (non-hydrogen) atoms. The normalized spacial score (nSPS) is 10.1. The van der Waals surface area contributed by atoms with Gasteiger partial charge in [0.05, 0.1) is 6.61 Å². The van der Waals surface area contributed by atoms with Crippen LogP contribution < -0.4 is 10.6 Å². The second kappa shape index (κ2) is 7.51. The third-order valence-corrected chi connectivity index (χ3v) is 3.34. The van der Waals surface area contributed by atoms with Crippen molar-refractivity contribution in [2.75, 3.05) is 25.6 Å². The van der Waals surface area contributed by atoms with E-state index in [1.54, 1.807) is 36.8 Å². The summed E-state index contributed by atoms with van der Waals surface area (Å²) in [5.74, 6) is -0.542. The minimum absolute atomic E-state index is 0.253. The zero-order valence-corrected chi connectivity index (χ0v) is 12.3. The molecule has 7 heteroatoms. The van der Waals surface area contributed by atoms with Gasteiger partial charge in [-0.2, -0.15) is 0 Å². The van der Waals surface area contributed by atoms with Crippen LogP contribution in [0.15, 0.2) is 35.7 Å². The van der Waals surface area contributed by atoms with Crippen molar-refractivity contribution in [1.29, 1.82) is 0 Å². The van der Waals surface area contributed by atoms with E-state index in [-0.39, 0.29) is 17.5 Å². The summed E-state index contributed by atoms with van der Waals surface area (Å²) < 4.78 is 4.85. The van der Waals surface area contributed by atoms with Gasteiger partial charge in [-0.05, 0) is 12.1 Å². The number of amides is 2. The molecule has 2 aromatic rings. The van der Waals surface area contributed by atoms with Gasteiger partial charge in [0, 0.05) is 24.6 Å². The number of anilines is 1. The Morgan fingerprint density at radius 3 is 2.71 bits per heavy atom. The van der Waals surface area contributed by atoms with E-state index in [2.05, 4.69) is 15.6 Å². The van der Waals surface area contributed by atoms with E-state index in [1.807, 2.05) is 6.07 Å². The minimum atomic E-state index is -0.288. The monoisotopic (exact) mass is 305 g/mol. The number of ether oxygens (including phenoxy) is 1. The Labute approximate surface area is 126 Å². The fourth-order valence-electron chi connectivity index (χ4n) is 1.55. The van der Waals surface area contributed by atoms with Crippen molar-refractivity contribution in [3.63, 3.8) is 0 Å². The highest BCUT2D eigenvalue weighted by atomic mass is 32.1. The van der Waals surface area contributed by atoms with E-state index in [1.165, 1.54) is 11.3 Å².